The van der Waals surface area contributed by atoms with Gasteiger partial charge in [-0.3, -0.25) is 9.59 Å². The molecule has 5 heteroatoms. The number of carbonyl (C=O) groups is 2. The number of carbonyl (C=O) groups excluding carboxylic acids is 2. The molecule has 0 aromatic heterocycles. The van der Waals surface area contributed by atoms with Crippen molar-refractivity contribution >= 4 is 17.4 Å². The molecular weight excluding hydrogens is 294 g/mol. The summed E-state index contributed by atoms with van der Waals surface area (Å²) in [6.07, 6.45) is 0. The highest BCUT2D eigenvalue weighted by atomic mass is 16.5. The lowest BCUT2D eigenvalue weighted by atomic mass is 10.1. The quantitative estimate of drug-likeness (QED) is 0.859. The zero-order valence-electron chi connectivity index (χ0n) is 13.6. The number of rotatable bonds is 5. The van der Waals surface area contributed by atoms with Crippen molar-refractivity contribution in [3.8, 4) is 11.5 Å². The normalized spacial score (nSPS) is 10.1. The summed E-state index contributed by atoms with van der Waals surface area (Å²) in [6.45, 7) is 3.36. The minimum absolute atomic E-state index is 0.0596. The van der Waals surface area contributed by atoms with Crippen LogP contribution in [0.2, 0.25) is 0 Å². The zero-order chi connectivity index (χ0) is 17.0. The zero-order valence-corrected chi connectivity index (χ0v) is 13.6. The topological polar surface area (TPSA) is 64.6 Å². The fourth-order valence-corrected chi connectivity index (χ4v) is 2.24. The molecule has 0 spiro atoms. The first-order valence-electron chi connectivity index (χ1n) is 7.11. The Bertz CT molecular complexity index is 753. The molecule has 2 aromatic carbocycles. The Hall–Kier alpha value is -2.82. The van der Waals surface area contributed by atoms with E-state index in [1.807, 2.05) is 6.92 Å². The third kappa shape index (κ3) is 3.69. The molecule has 2 rings (SSSR count). The third-order valence-corrected chi connectivity index (χ3v) is 3.49. The molecule has 0 atom stereocenters. The molecular formula is C18H19NO4. The average molecular weight is 313 g/mol. The first-order chi connectivity index (χ1) is 11.0. The van der Waals surface area contributed by atoms with E-state index in [9.17, 15) is 9.59 Å². The molecule has 1 amide bonds. The van der Waals surface area contributed by atoms with E-state index < -0.39 is 0 Å². The second kappa shape index (κ2) is 6.96. The lowest BCUT2D eigenvalue weighted by Crippen LogP contribution is -2.14. The van der Waals surface area contributed by atoms with E-state index in [2.05, 4.69) is 5.32 Å². The van der Waals surface area contributed by atoms with E-state index in [0.717, 1.165) is 5.56 Å². The fourth-order valence-electron chi connectivity index (χ4n) is 2.24. The number of nitrogens with one attached hydrogen (secondary N) is 1. The van der Waals surface area contributed by atoms with Crippen molar-refractivity contribution in [1.29, 1.82) is 0 Å². The number of Topliss-reactive ketones (excluding diaryl/α,β-unsaturated/α-hetero) is 1. The molecule has 0 aliphatic heterocycles. The molecule has 0 heterocycles. The maximum atomic E-state index is 12.5. The number of aryl methyl sites for hydroxylation is 1. The van der Waals surface area contributed by atoms with Crippen LogP contribution in [0.15, 0.2) is 36.4 Å². The Balaban J connectivity index is 2.33. The summed E-state index contributed by atoms with van der Waals surface area (Å²) in [5.74, 6) is 0.675. The fraction of sp³-hybridized carbons (Fsp3) is 0.222. The third-order valence-electron chi connectivity index (χ3n) is 3.49. The van der Waals surface area contributed by atoms with Gasteiger partial charge >= 0.3 is 0 Å². The van der Waals surface area contributed by atoms with Crippen LogP contribution >= 0.6 is 0 Å². The van der Waals surface area contributed by atoms with Gasteiger partial charge in [0, 0.05) is 11.3 Å². The highest BCUT2D eigenvalue weighted by Crippen LogP contribution is 2.29. The number of benzene rings is 2. The van der Waals surface area contributed by atoms with Gasteiger partial charge in [-0.05, 0) is 43.7 Å². The summed E-state index contributed by atoms with van der Waals surface area (Å²) in [5, 5.41) is 2.77. The van der Waals surface area contributed by atoms with Gasteiger partial charge in [0.25, 0.3) is 5.91 Å². The summed E-state index contributed by atoms with van der Waals surface area (Å²) < 4.78 is 10.5. The van der Waals surface area contributed by atoms with Crippen LogP contribution in [0.3, 0.4) is 0 Å². The second-order valence-electron chi connectivity index (χ2n) is 5.11. The van der Waals surface area contributed by atoms with Crippen LogP contribution < -0.4 is 14.8 Å². The van der Waals surface area contributed by atoms with Gasteiger partial charge in [-0.1, -0.05) is 12.1 Å². The van der Waals surface area contributed by atoms with E-state index >= 15 is 0 Å². The summed E-state index contributed by atoms with van der Waals surface area (Å²) in [4.78, 5) is 23.9. The van der Waals surface area contributed by atoms with Gasteiger partial charge in [-0.25, -0.2) is 0 Å². The standard InChI is InChI=1S/C18H19NO4/c1-11-8-17(23-4)15(10-16(11)22-3)18(21)19-14-7-5-6-13(9-14)12(2)20/h5-10H,1-4H3,(H,19,21). The molecule has 5 nitrogen and oxygen atoms in total. The number of anilines is 1. The maximum Gasteiger partial charge on any atom is 0.259 e. The van der Waals surface area contributed by atoms with Crippen molar-refractivity contribution in [1.82, 2.24) is 0 Å². The van der Waals surface area contributed by atoms with Crippen LogP contribution in [-0.2, 0) is 0 Å². The monoisotopic (exact) mass is 313 g/mol. The average Bonchev–Trinajstić information content (AvgIpc) is 2.54. The van der Waals surface area contributed by atoms with Crippen LogP contribution in [0.4, 0.5) is 5.69 Å². The van der Waals surface area contributed by atoms with Crippen molar-refractivity contribution in [2.75, 3.05) is 19.5 Å². The molecule has 0 aliphatic carbocycles. The molecule has 0 saturated heterocycles. The van der Waals surface area contributed by atoms with Crippen molar-refractivity contribution in [3.63, 3.8) is 0 Å². The van der Waals surface area contributed by atoms with Gasteiger partial charge in [-0.2, -0.15) is 0 Å². The van der Waals surface area contributed by atoms with Crippen molar-refractivity contribution in [2.45, 2.75) is 13.8 Å². The molecule has 0 aliphatic rings. The Labute approximate surface area is 135 Å². The Morgan fingerprint density at radius 2 is 1.70 bits per heavy atom. The van der Waals surface area contributed by atoms with Gasteiger partial charge in [0.05, 0.1) is 19.8 Å². The molecule has 1 N–H and O–H groups in total. The molecule has 120 valence electrons. The Morgan fingerprint density at radius 1 is 1.00 bits per heavy atom. The predicted octanol–water partition coefficient (Wildman–Crippen LogP) is 3.47. The second-order valence-corrected chi connectivity index (χ2v) is 5.11. The van der Waals surface area contributed by atoms with Crippen LogP contribution in [0, 0.1) is 6.92 Å². The largest absolute Gasteiger partial charge is 0.496 e. The molecule has 2 aromatic rings. The van der Waals surface area contributed by atoms with Gasteiger partial charge in [0.15, 0.2) is 5.78 Å². The smallest absolute Gasteiger partial charge is 0.259 e. The lowest BCUT2D eigenvalue weighted by Gasteiger charge is -2.13. The summed E-state index contributed by atoms with van der Waals surface area (Å²) >= 11 is 0. The molecule has 0 fully saturated rings. The van der Waals surface area contributed by atoms with E-state index in [0.29, 0.717) is 28.3 Å². The SMILES string of the molecule is COc1cc(C(=O)Nc2cccc(C(C)=O)c2)c(OC)cc1C. The number of ketones is 1. The number of methoxy groups -OCH3 is 2. The van der Waals surface area contributed by atoms with E-state index in [1.54, 1.807) is 43.5 Å². The van der Waals surface area contributed by atoms with Gasteiger partial charge in [0.2, 0.25) is 0 Å². The van der Waals surface area contributed by atoms with Crippen LogP contribution in [0.25, 0.3) is 0 Å². The maximum absolute atomic E-state index is 12.5. The minimum atomic E-state index is -0.333. The van der Waals surface area contributed by atoms with Crippen LogP contribution in [0.1, 0.15) is 33.2 Å². The Kier molecular flexibility index (Phi) is 5.01. The van der Waals surface area contributed by atoms with Crippen molar-refractivity contribution in [3.05, 3.63) is 53.1 Å². The first kappa shape index (κ1) is 16.5. The number of amides is 1. The number of hydrogen-bond acceptors (Lipinski definition) is 4. The van der Waals surface area contributed by atoms with Crippen LogP contribution in [0.5, 0.6) is 11.5 Å². The summed E-state index contributed by atoms with van der Waals surface area (Å²) in [5.41, 5.74) is 2.32. The molecule has 0 radical (unpaired) electrons. The highest BCUT2D eigenvalue weighted by molar-refractivity contribution is 6.07. The van der Waals surface area contributed by atoms with Crippen molar-refractivity contribution < 1.29 is 19.1 Å². The molecule has 23 heavy (non-hydrogen) atoms. The van der Waals surface area contributed by atoms with Crippen LogP contribution in [-0.4, -0.2) is 25.9 Å². The first-order valence-corrected chi connectivity index (χ1v) is 7.11. The Morgan fingerprint density at radius 3 is 2.30 bits per heavy atom. The lowest BCUT2D eigenvalue weighted by molar-refractivity contribution is 0.101. The van der Waals surface area contributed by atoms with E-state index in [-0.39, 0.29) is 11.7 Å². The van der Waals surface area contributed by atoms with Gasteiger partial charge in [-0.15, -0.1) is 0 Å². The van der Waals surface area contributed by atoms with Gasteiger partial charge < -0.3 is 14.8 Å². The minimum Gasteiger partial charge on any atom is -0.496 e. The summed E-state index contributed by atoms with van der Waals surface area (Å²) in [7, 11) is 3.06. The van der Waals surface area contributed by atoms with Gasteiger partial charge in [0.1, 0.15) is 11.5 Å². The predicted molar refractivity (Wildman–Crippen MR) is 88.7 cm³/mol. The van der Waals surface area contributed by atoms with E-state index in [4.69, 9.17) is 9.47 Å². The number of hydrogen-bond donors (Lipinski definition) is 1. The number of ether oxygens (including phenoxy) is 2. The van der Waals surface area contributed by atoms with Crippen molar-refractivity contribution in [2.24, 2.45) is 0 Å². The molecule has 0 saturated carbocycles. The highest BCUT2D eigenvalue weighted by Gasteiger charge is 2.16. The molecule has 0 bridgehead atoms. The van der Waals surface area contributed by atoms with E-state index in [1.165, 1.54) is 14.0 Å². The molecule has 0 unspecified atom stereocenters. The summed E-state index contributed by atoms with van der Waals surface area (Å²) in [6, 6.07) is 10.2.